The van der Waals surface area contributed by atoms with Crippen LogP contribution in [-0.4, -0.2) is 48.9 Å². The van der Waals surface area contributed by atoms with Gasteiger partial charge in [0.2, 0.25) is 5.95 Å². The van der Waals surface area contributed by atoms with Crippen LogP contribution in [0.4, 0.5) is 5.95 Å². The molecular weight excluding hydrogens is 308 g/mol. The van der Waals surface area contributed by atoms with E-state index in [1.807, 2.05) is 0 Å². The van der Waals surface area contributed by atoms with Gasteiger partial charge in [-0.05, 0) is 25.7 Å². The van der Waals surface area contributed by atoms with Gasteiger partial charge in [0.05, 0.1) is 12.2 Å². The van der Waals surface area contributed by atoms with Crippen LogP contribution in [0.2, 0.25) is 0 Å². The van der Waals surface area contributed by atoms with E-state index in [0.29, 0.717) is 12.2 Å². The predicted molar refractivity (Wildman–Crippen MR) is 87.7 cm³/mol. The first-order chi connectivity index (χ1) is 11.5. The van der Waals surface area contributed by atoms with Gasteiger partial charge in [0.15, 0.2) is 5.69 Å². The summed E-state index contributed by atoms with van der Waals surface area (Å²) < 4.78 is 1.79. The summed E-state index contributed by atoms with van der Waals surface area (Å²) in [5.41, 5.74) is 12.5. The van der Waals surface area contributed by atoms with Crippen LogP contribution in [0.25, 0.3) is 0 Å². The number of amides is 1. The summed E-state index contributed by atoms with van der Waals surface area (Å²) in [4.78, 5) is 21.9. The number of nitrogen functional groups attached to an aromatic ring is 1. The lowest BCUT2D eigenvalue weighted by Crippen LogP contribution is -2.28. The van der Waals surface area contributed by atoms with Gasteiger partial charge < -0.3 is 16.4 Å². The third-order valence-corrected chi connectivity index (χ3v) is 4.34. The van der Waals surface area contributed by atoms with Crippen LogP contribution < -0.4 is 11.5 Å². The Balaban J connectivity index is 1.63. The summed E-state index contributed by atoms with van der Waals surface area (Å²) in [5, 5.41) is 8.15. The van der Waals surface area contributed by atoms with E-state index >= 15 is 0 Å². The molecule has 0 radical (unpaired) electrons. The van der Waals surface area contributed by atoms with Crippen LogP contribution in [0.15, 0.2) is 18.6 Å². The second-order valence-electron chi connectivity index (χ2n) is 6.26. The molecule has 1 aliphatic carbocycles. The molecule has 0 bridgehead atoms. The zero-order chi connectivity index (χ0) is 17.1. The molecule has 1 aliphatic rings. The highest BCUT2D eigenvalue weighted by molar-refractivity contribution is 5.91. The summed E-state index contributed by atoms with van der Waals surface area (Å²) >= 11 is 0. The molecule has 0 aromatic carbocycles. The van der Waals surface area contributed by atoms with Gasteiger partial charge in [0.25, 0.3) is 5.91 Å². The maximum absolute atomic E-state index is 12.5. The fourth-order valence-corrected chi connectivity index (χ4v) is 2.91. The fraction of sp³-hybridized carbons (Fsp3) is 0.533. The van der Waals surface area contributed by atoms with E-state index in [0.717, 1.165) is 31.2 Å². The highest BCUT2D eigenvalue weighted by Gasteiger charge is 2.23. The Bertz CT molecular complexity index is 690. The zero-order valence-electron chi connectivity index (χ0n) is 13.7. The number of anilines is 1. The monoisotopic (exact) mass is 330 g/mol. The van der Waals surface area contributed by atoms with Crippen LogP contribution in [0, 0.1) is 0 Å². The van der Waals surface area contributed by atoms with E-state index in [9.17, 15) is 4.79 Å². The molecule has 3 rings (SSSR count). The Morgan fingerprint density at radius 2 is 1.96 bits per heavy atom. The number of carbonyl (C=O) groups excluding carboxylic acids is 1. The molecule has 2 heterocycles. The highest BCUT2D eigenvalue weighted by atomic mass is 16.2. The van der Waals surface area contributed by atoms with E-state index in [-0.39, 0.29) is 23.9 Å². The Morgan fingerprint density at radius 1 is 1.29 bits per heavy atom. The van der Waals surface area contributed by atoms with Gasteiger partial charge in [0.1, 0.15) is 0 Å². The minimum absolute atomic E-state index is 0.189. The summed E-state index contributed by atoms with van der Waals surface area (Å²) in [6.07, 6.45) is 8.82. The standard InChI is InChI=1S/C15H22N8O/c1-22(8-10-6-18-15(17)19-7-10)14(24)13-9-23(21-20-13)12-4-2-11(16)3-5-12/h6-7,9,11-12H,2-5,8,16H2,1H3,(H2,17,18,19). The summed E-state index contributed by atoms with van der Waals surface area (Å²) in [7, 11) is 1.71. The first-order valence-electron chi connectivity index (χ1n) is 8.02. The summed E-state index contributed by atoms with van der Waals surface area (Å²) in [6.45, 7) is 0.379. The lowest BCUT2D eigenvalue weighted by Gasteiger charge is -2.25. The van der Waals surface area contributed by atoms with Crippen LogP contribution in [0.3, 0.4) is 0 Å². The molecule has 0 saturated heterocycles. The average molecular weight is 330 g/mol. The minimum Gasteiger partial charge on any atom is -0.368 e. The molecule has 4 N–H and O–H groups in total. The van der Waals surface area contributed by atoms with Crippen molar-refractivity contribution in [3.8, 4) is 0 Å². The van der Waals surface area contributed by atoms with Crippen LogP contribution in [-0.2, 0) is 6.54 Å². The predicted octanol–water partition coefficient (Wildman–Crippen LogP) is 0.365. The molecule has 0 atom stereocenters. The molecule has 9 nitrogen and oxygen atoms in total. The second-order valence-corrected chi connectivity index (χ2v) is 6.26. The molecule has 1 fully saturated rings. The number of aromatic nitrogens is 5. The minimum atomic E-state index is -0.189. The van der Waals surface area contributed by atoms with E-state index < -0.39 is 0 Å². The van der Waals surface area contributed by atoms with Gasteiger partial charge in [-0.15, -0.1) is 5.10 Å². The van der Waals surface area contributed by atoms with Crippen LogP contribution in [0.5, 0.6) is 0 Å². The number of hydrogen-bond acceptors (Lipinski definition) is 7. The molecule has 1 saturated carbocycles. The Morgan fingerprint density at radius 3 is 2.62 bits per heavy atom. The van der Waals surface area contributed by atoms with Crippen molar-refractivity contribution in [2.75, 3.05) is 12.8 Å². The maximum Gasteiger partial charge on any atom is 0.276 e. The van der Waals surface area contributed by atoms with Crippen molar-refractivity contribution >= 4 is 11.9 Å². The third-order valence-electron chi connectivity index (χ3n) is 4.34. The van der Waals surface area contributed by atoms with E-state index in [1.54, 1.807) is 35.2 Å². The normalized spacial score (nSPS) is 20.8. The number of rotatable bonds is 4. The molecule has 9 heteroatoms. The SMILES string of the molecule is CN(Cc1cnc(N)nc1)C(=O)c1cn(C2CCC(N)CC2)nn1. The Hall–Kier alpha value is -2.55. The van der Waals surface area contributed by atoms with Gasteiger partial charge in [-0.1, -0.05) is 5.21 Å². The molecule has 1 amide bonds. The largest absolute Gasteiger partial charge is 0.368 e. The topological polar surface area (TPSA) is 129 Å². The number of nitrogens with two attached hydrogens (primary N) is 2. The number of carbonyl (C=O) groups is 1. The van der Waals surface area contributed by atoms with Crippen molar-refractivity contribution in [3.63, 3.8) is 0 Å². The summed E-state index contributed by atoms with van der Waals surface area (Å²) in [5.74, 6) is 0.0217. The lowest BCUT2D eigenvalue weighted by atomic mass is 9.92. The highest BCUT2D eigenvalue weighted by Crippen LogP contribution is 2.26. The molecule has 24 heavy (non-hydrogen) atoms. The van der Waals surface area contributed by atoms with Crippen molar-refractivity contribution in [2.45, 2.75) is 44.3 Å². The molecule has 2 aromatic heterocycles. The zero-order valence-corrected chi connectivity index (χ0v) is 13.7. The van der Waals surface area contributed by atoms with Gasteiger partial charge in [-0.25, -0.2) is 14.6 Å². The van der Waals surface area contributed by atoms with Gasteiger partial charge >= 0.3 is 0 Å². The van der Waals surface area contributed by atoms with Gasteiger partial charge in [-0.2, -0.15) is 0 Å². The van der Waals surface area contributed by atoms with E-state index in [4.69, 9.17) is 11.5 Å². The van der Waals surface area contributed by atoms with Gasteiger partial charge in [0, 0.05) is 37.6 Å². The fourth-order valence-electron chi connectivity index (χ4n) is 2.91. The lowest BCUT2D eigenvalue weighted by molar-refractivity contribution is 0.0779. The van der Waals surface area contributed by atoms with E-state index in [2.05, 4.69) is 20.3 Å². The summed E-state index contributed by atoms with van der Waals surface area (Å²) in [6, 6.07) is 0.550. The second kappa shape index (κ2) is 6.91. The number of nitrogens with zero attached hydrogens (tertiary/aromatic N) is 6. The van der Waals surface area contributed by atoms with Crippen molar-refractivity contribution in [3.05, 3.63) is 29.8 Å². The maximum atomic E-state index is 12.5. The molecular formula is C15H22N8O. The Labute approximate surface area is 140 Å². The average Bonchev–Trinajstić information content (AvgIpc) is 3.07. The molecule has 0 spiro atoms. The van der Waals surface area contributed by atoms with Crippen molar-refractivity contribution in [2.24, 2.45) is 5.73 Å². The first kappa shape index (κ1) is 16.3. The Kier molecular flexibility index (Phi) is 4.70. The molecule has 128 valence electrons. The van der Waals surface area contributed by atoms with Crippen molar-refractivity contribution in [1.29, 1.82) is 0 Å². The van der Waals surface area contributed by atoms with Crippen LogP contribution in [0.1, 0.15) is 47.8 Å². The molecule has 0 unspecified atom stereocenters. The third kappa shape index (κ3) is 3.67. The van der Waals surface area contributed by atoms with Crippen LogP contribution >= 0.6 is 0 Å². The molecule has 2 aromatic rings. The van der Waals surface area contributed by atoms with E-state index in [1.165, 1.54) is 0 Å². The van der Waals surface area contributed by atoms with Gasteiger partial charge in [-0.3, -0.25) is 4.79 Å². The number of hydrogen-bond donors (Lipinski definition) is 2. The quantitative estimate of drug-likeness (QED) is 0.828. The van der Waals surface area contributed by atoms with Crippen molar-refractivity contribution in [1.82, 2.24) is 29.9 Å². The smallest absolute Gasteiger partial charge is 0.276 e. The first-order valence-corrected chi connectivity index (χ1v) is 8.02. The molecule has 0 aliphatic heterocycles. The van der Waals surface area contributed by atoms with Crippen molar-refractivity contribution < 1.29 is 4.79 Å².